The van der Waals surface area contributed by atoms with Gasteiger partial charge >= 0.3 is 0 Å². The lowest BCUT2D eigenvalue weighted by atomic mass is 10.2. The molecule has 158 valence electrons. The first kappa shape index (κ1) is 22.3. The van der Waals surface area contributed by atoms with Gasteiger partial charge in [0.05, 0.1) is 21.0 Å². The van der Waals surface area contributed by atoms with Crippen LogP contribution in [-0.2, 0) is 17.2 Å². The first-order valence-corrected chi connectivity index (χ1v) is 10.3. The number of thioether (sulfide) groups is 1. The summed E-state index contributed by atoms with van der Waals surface area (Å²) in [6.45, 7) is 0.117. The van der Waals surface area contributed by atoms with Gasteiger partial charge in [-0.15, -0.1) is 11.8 Å². The summed E-state index contributed by atoms with van der Waals surface area (Å²) in [5, 5.41) is 26.6. The fourth-order valence-corrected chi connectivity index (χ4v) is 3.63. The first-order valence-electron chi connectivity index (χ1n) is 8.97. The van der Waals surface area contributed by atoms with E-state index in [9.17, 15) is 20.2 Å². The van der Waals surface area contributed by atoms with E-state index in [2.05, 4.69) is 5.16 Å². The standard InChI is InChI=1S/C21H16ClN3O5S/c22-18-6-1-16(2-7-18)14-31-21-10-5-17(11-20(21)25(28)29)12-23-30-13-15-3-8-19(9-4-15)24(26)27/h1-12H,13-14H2/b23-12+. The van der Waals surface area contributed by atoms with Crippen LogP contribution in [0, 0.1) is 20.2 Å². The van der Waals surface area contributed by atoms with E-state index in [-0.39, 0.29) is 18.0 Å². The van der Waals surface area contributed by atoms with Gasteiger partial charge in [0.1, 0.15) is 6.61 Å². The van der Waals surface area contributed by atoms with Gasteiger partial charge in [-0.1, -0.05) is 35.0 Å². The van der Waals surface area contributed by atoms with E-state index >= 15 is 0 Å². The highest BCUT2D eigenvalue weighted by atomic mass is 35.5. The predicted molar refractivity (Wildman–Crippen MR) is 120 cm³/mol. The number of non-ortho nitro benzene ring substituents is 1. The highest BCUT2D eigenvalue weighted by Crippen LogP contribution is 2.32. The molecule has 0 aliphatic heterocycles. The highest BCUT2D eigenvalue weighted by Gasteiger charge is 2.15. The van der Waals surface area contributed by atoms with Gasteiger partial charge in [0, 0.05) is 34.5 Å². The van der Waals surface area contributed by atoms with E-state index in [0.29, 0.717) is 26.8 Å². The number of halogens is 1. The van der Waals surface area contributed by atoms with Crippen molar-refractivity contribution in [2.75, 3.05) is 0 Å². The summed E-state index contributed by atoms with van der Waals surface area (Å²) in [7, 11) is 0. The molecular weight excluding hydrogens is 442 g/mol. The molecule has 3 rings (SSSR count). The van der Waals surface area contributed by atoms with Crippen LogP contribution >= 0.6 is 23.4 Å². The monoisotopic (exact) mass is 457 g/mol. The summed E-state index contributed by atoms with van der Waals surface area (Å²) in [5.74, 6) is 0.573. The van der Waals surface area contributed by atoms with Gasteiger partial charge in [-0.3, -0.25) is 20.2 Å². The van der Waals surface area contributed by atoms with Crippen LogP contribution in [0.4, 0.5) is 11.4 Å². The van der Waals surface area contributed by atoms with Crippen molar-refractivity contribution in [2.45, 2.75) is 17.3 Å². The molecule has 0 amide bonds. The largest absolute Gasteiger partial charge is 0.391 e. The lowest BCUT2D eigenvalue weighted by Gasteiger charge is -2.05. The van der Waals surface area contributed by atoms with Gasteiger partial charge in [-0.2, -0.15) is 0 Å². The van der Waals surface area contributed by atoms with Crippen molar-refractivity contribution in [3.63, 3.8) is 0 Å². The summed E-state index contributed by atoms with van der Waals surface area (Å²) in [6, 6.07) is 18.1. The van der Waals surface area contributed by atoms with Gasteiger partial charge in [0.15, 0.2) is 0 Å². The number of hydrogen-bond acceptors (Lipinski definition) is 7. The molecule has 0 atom stereocenters. The molecule has 0 bridgehead atoms. The second-order valence-corrected chi connectivity index (χ2v) is 7.78. The fourth-order valence-electron chi connectivity index (χ4n) is 2.54. The van der Waals surface area contributed by atoms with E-state index in [0.717, 1.165) is 5.56 Å². The molecular formula is C21H16ClN3O5S. The summed E-state index contributed by atoms with van der Waals surface area (Å²) in [6.07, 6.45) is 1.38. The Morgan fingerprint density at radius 1 is 0.935 bits per heavy atom. The minimum atomic E-state index is -0.479. The molecule has 0 saturated heterocycles. The molecule has 0 radical (unpaired) electrons. The summed E-state index contributed by atoms with van der Waals surface area (Å²) in [4.78, 5) is 26.9. The van der Waals surface area contributed by atoms with Crippen molar-refractivity contribution in [2.24, 2.45) is 5.16 Å². The van der Waals surface area contributed by atoms with Gasteiger partial charge in [-0.25, -0.2) is 0 Å². The van der Waals surface area contributed by atoms with Gasteiger partial charge in [0.2, 0.25) is 0 Å². The van der Waals surface area contributed by atoms with Crippen LogP contribution in [0.25, 0.3) is 0 Å². The third-order valence-corrected chi connectivity index (χ3v) is 5.53. The molecule has 0 heterocycles. The summed E-state index contributed by atoms with van der Waals surface area (Å²) < 4.78 is 0. The van der Waals surface area contributed by atoms with Gasteiger partial charge < -0.3 is 4.84 Å². The minimum absolute atomic E-state index is 0.00594. The van der Waals surface area contributed by atoms with Crippen LogP contribution in [0.2, 0.25) is 5.02 Å². The summed E-state index contributed by atoms with van der Waals surface area (Å²) in [5.41, 5.74) is 2.22. The molecule has 0 unspecified atom stereocenters. The van der Waals surface area contributed by atoms with Crippen LogP contribution in [0.15, 0.2) is 76.8 Å². The Labute approximate surface area is 186 Å². The van der Waals surface area contributed by atoms with Crippen LogP contribution in [0.5, 0.6) is 0 Å². The van der Waals surface area contributed by atoms with Crippen LogP contribution < -0.4 is 0 Å². The quantitative estimate of drug-likeness (QED) is 0.169. The maximum absolute atomic E-state index is 11.5. The second-order valence-electron chi connectivity index (χ2n) is 6.33. The Hall–Kier alpha value is -3.43. The molecule has 0 aromatic heterocycles. The Morgan fingerprint density at radius 2 is 1.61 bits per heavy atom. The van der Waals surface area contributed by atoms with Crippen LogP contribution in [-0.4, -0.2) is 16.1 Å². The molecule has 31 heavy (non-hydrogen) atoms. The smallest absolute Gasteiger partial charge is 0.283 e. The number of rotatable bonds is 9. The maximum atomic E-state index is 11.5. The third kappa shape index (κ3) is 6.53. The Morgan fingerprint density at radius 3 is 2.26 bits per heavy atom. The van der Waals surface area contributed by atoms with E-state index < -0.39 is 9.85 Å². The molecule has 3 aromatic carbocycles. The SMILES string of the molecule is O=[N+]([O-])c1ccc(CO/N=C/c2ccc(SCc3ccc(Cl)cc3)c([N+](=O)[O-])c2)cc1. The molecule has 0 aliphatic carbocycles. The van der Waals surface area contributed by atoms with Gasteiger partial charge in [0.25, 0.3) is 11.4 Å². The normalized spacial score (nSPS) is 10.9. The molecule has 0 aliphatic rings. The van der Waals surface area contributed by atoms with Crippen LogP contribution in [0.1, 0.15) is 16.7 Å². The predicted octanol–water partition coefficient (Wildman–Crippen LogP) is 6.00. The maximum Gasteiger partial charge on any atom is 0.283 e. The lowest BCUT2D eigenvalue weighted by molar-refractivity contribution is -0.387. The highest BCUT2D eigenvalue weighted by molar-refractivity contribution is 7.98. The summed E-state index contributed by atoms with van der Waals surface area (Å²) >= 11 is 7.24. The average molecular weight is 458 g/mol. The number of benzene rings is 3. The Bertz CT molecular complexity index is 1110. The molecule has 0 spiro atoms. The molecule has 0 fully saturated rings. The Kier molecular flexibility index (Phi) is 7.58. The zero-order chi connectivity index (χ0) is 22.2. The molecule has 0 saturated carbocycles. The zero-order valence-electron chi connectivity index (χ0n) is 16.0. The number of nitro groups is 2. The van der Waals surface area contributed by atoms with Crippen molar-refractivity contribution in [1.29, 1.82) is 0 Å². The number of oxime groups is 1. The molecule has 8 nitrogen and oxygen atoms in total. The van der Waals surface area contributed by atoms with E-state index in [4.69, 9.17) is 16.4 Å². The number of nitrogens with zero attached hydrogens (tertiary/aromatic N) is 3. The number of hydrogen-bond donors (Lipinski definition) is 0. The second kappa shape index (κ2) is 10.6. The zero-order valence-corrected chi connectivity index (χ0v) is 17.6. The molecule has 10 heteroatoms. The van der Waals surface area contributed by atoms with E-state index in [1.54, 1.807) is 36.4 Å². The molecule has 3 aromatic rings. The Balaban J connectivity index is 1.61. The fraction of sp³-hybridized carbons (Fsp3) is 0.0952. The van der Waals surface area contributed by atoms with Crippen molar-refractivity contribution in [1.82, 2.24) is 0 Å². The van der Waals surface area contributed by atoms with E-state index in [1.807, 2.05) is 12.1 Å². The average Bonchev–Trinajstić information content (AvgIpc) is 2.77. The van der Waals surface area contributed by atoms with Crippen molar-refractivity contribution in [3.05, 3.63) is 109 Å². The number of nitro benzene ring substituents is 2. The van der Waals surface area contributed by atoms with Crippen LogP contribution in [0.3, 0.4) is 0 Å². The van der Waals surface area contributed by atoms with Crippen molar-refractivity contribution >= 4 is 41.0 Å². The topological polar surface area (TPSA) is 108 Å². The lowest BCUT2D eigenvalue weighted by Crippen LogP contribution is -1.94. The third-order valence-electron chi connectivity index (χ3n) is 4.14. The first-order chi connectivity index (χ1) is 14.9. The van der Waals surface area contributed by atoms with Crippen molar-refractivity contribution < 1.29 is 14.7 Å². The molecule has 0 N–H and O–H groups in total. The minimum Gasteiger partial charge on any atom is -0.391 e. The van der Waals surface area contributed by atoms with Gasteiger partial charge in [-0.05, 0) is 41.5 Å². The van der Waals surface area contributed by atoms with Crippen molar-refractivity contribution in [3.8, 4) is 0 Å². The van der Waals surface area contributed by atoms with E-state index in [1.165, 1.54) is 36.2 Å².